The number of benzene rings is 1. The molecule has 4 heteroatoms. The van der Waals surface area contributed by atoms with Gasteiger partial charge in [0, 0.05) is 25.2 Å². The lowest BCUT2D eigenvalue weighted by atomic mass is 9.68. The summed E-state index contributed by atoms with van der Waals surface area (Å²) in [6.45, 7) is 2.35. The Labute approximate surface area is 137 Å². The number of rotatable bonds is 5. The molecule has 1 aromatic rings. The lowest BCUT2D eigenvalue weighted by molar-refractivity contribution is -0.151. The maximum Gasteiger partial charge on any atom is 0.231 e. The van der Waals surface area contributed by atoms with Crippen molar-refractivity contribution in [2.75, 3.05) is 26.8 Å². The summed E-state index contributed by atoms with van der Waals surface area (Å²) in [6.07, 6.45) is 5.24. The second-order valence-electron chi connectivity index (χ2n) is 6.80. The fourth-order valence-corrected chi connectivity index (χ4v) is 3.90. The van der Waals surface area contributed by atoms with Gasteiger partial charge in [0.05, 0.1) is 12.0 Å². The molecule has 0 bridgehead atoms. The summed E-state index contributed by atoms with van der Waals surface area (Å²) in [6, 6.07) is 8.06. The topological polar surface area (TPSA) is 29.5 Å². The van der Waals surface area contributed by atoms with Crippen LogP contribution in [0.4, 0.5) is 0 Å². The van der Waals surface area contributed by atoms with Crippen molar-refractivity contribution in [3.63, 3.8) is 0 Å². The fourth-order valence-electron chi connectivity index (χ4n) is 3.77. The van der Waals surface area contributed by atoms with Gasteiger partial charge in [-0.2, -0.15) is 0 Å². The van der Waals surface area contributed by atoms with E-state index in [0.717, 1.165) is 50.2 Å². The number of ether oxygens (including phenoxy) is 1. The van der Waals surface area contributed by atoms with E-state index in [2.05, 4.69) is 17.0 Å². The number of nitrogens with zero attached hydrogens (tertiary/aromatic N) is 1. The number of amides is 1. The van der Waals surface area contributed by atoms with Gasteiger partial charge in [-0.1, -0.05) is 30.2 Å². The van der Waals surface area contributed by atoms with Crippen LogP contribution in [0.2, 0.25) is 5.02 Å². The van der Waals surface area contributed by atoms with Crippen molar-refractivity contribution in [2.24, 2.45) is 11.3 Å². The average Bonchev–Trinajstić information content (AvgIpc) is 2.93. The molecule has 22 heavy (non-hydrogen) atoms. The molecular weight excluding hydrogens is 298 g/mol. The van der Waals surface area contributed by atoms with Gasteiger partial charge in [-0.15, -0.1) is 0 Å². The lowest BCUT2D eigenvalue weighted by Gasteiger charge is -2.42. The summed E-state index contributed by atoms with van der Waals surface area (Å²) < 4.78 is 5.30. The molecule has 1 aliphatic heterocycles. The largest absolute Gasteiger partial charge is 0.384 e. The highest BCUT2D eigenvalue weighted by molar-refractivity contribution is 6.30. The van der Waals surface area contributed by atoms with Gasteiger partial charge < -0.3 is 9.64 Å². The Hall–Kier alpha value is -1.06. The van der Waals surface area contributed by atoms with Gasteiger partial charge in [-0.25, -0.2) is 0 Å². The molecule has 1 saturated carbocycles. The molecule has 1 aromatic carbocycles. The highest BCUT2D eigenvalue weighted by Gasteiger charge is 2.47. The molecule has 1 heterocycles. The zero-order valence-corrected chi connectivity index (χ0v) is 13.9. The van der Waals surface area contributed by atoms with Crippen LogP contribution in [0.1, 0.15) is 31.2 Å². The molecule has 1 aliphatic carbocycles. The van der Waals surface area contributed by atoms with Crippen molar-refractivity contribution in [3.8, 4) is 0 Å². The molecule has 1 atom stereocenters. The molecule has 3 nitrogen and oxygen atoms in total. The smallest absolute Gasteiger partial charge is 0.231 e. The third-order valence-electron chi connectivity index (χ3n) is 5.20. The van der Waals surface area contributed by atoms with Crippen LogP contribution in [0, 0.1) is 11.3 Å². The van der Waals surface area contributed by atoms with Crippen molar-refractivity contribution in [2.45, 2.75) is 32.1 Å². The second-order valence-corrected chi connectivity index (χ2v) is 7.24. The standard InChI is InChI=1S/C18H24ClNO2/c1-22-13-18(8-2-9-18)17(21)20-10-7-15(12-20)11-14-3-5-16(19)6-4-14/h3-6,15H,2,7-13H2,1H3. The van der Waals surface area contributed by atoms with Crippen LogP contribution in [0.5, 0.6) is 0 Å². The monoisotopic (exact) mass is 321 g/mol. The summed E-state index contributed by atoms with van der Waals surface area (Å²) in [5.74, 6) is 0.879. The normalized spacial score (nSPS) is 23.4. The number of carbonyl (C=O) groups excluding carboxylic acids is 1. The zero-order chi connectivity index (χ0) is 15.6. The molecule has 1 unspecified atom stereocenters. The lowest BCUT2D eigenvalue weighted by Crippen LogP contribution is -2.49. The van der Waals surface area contributed by atoms with Crippen LogP contribution in [-0.2, 0) is 16.0 Å². The average molecular weight is 322 g/mol. The molecule has 0 spiro atoms. The first-order valence-corrected chi connectivity index (χ1v) is 8.53. The number of hydrogen-bond acceptors (Lipinski definition) is 2. The predicted molar refractivity (Wildman–Crippen MR) is 88.0 cm³/mol. The molecule has 120 valence electrons. The Kier molecular flexibility index (Phi) is 4.74. The first-order valence-electron chi connectivity index (χ1n) is 8.16. The van der Waals surface area contributed by atoms with E-state index in [0.29, 0.717) is 18.4 Å². The minimum absolute atomic E-state index is 0.218. The van der Waals surface area contributed by atoms with Gasteiger partial charge in [0.15, 0.2) is 0 Å². The molecule has 0 N–H and O–H groups in total. The van der Waals surface area contributed by atoms with Crippen molar-refractivity contribution >= 4 is 17.5 Å². The zero-order valence-electron chi connectivity index (χ0n) is 13.2. The summed E-state index contributed by atoms with van der Waals surface area (Å²) >= 11 is 5.93. The minimum atomic E-state index is -0.218. The quantitative estimate of drug-likeness (QED) is 0.830. The Morgan fingerprint density at radius 1 is 1.36 bits per heavy atom. The Balaban J connectivity index is 1.57. The van der Waals surface area contributed by atoms with E-state index in [1.165, 1.54) is 5.56 Å². The molecule has 3 rings (SSSR count). The van der Waals surface area contributed by atoms with Crippen LogP contribution in [0.3, 0.4) is 0 Å². The number of halogens is 1. The predicted octanol–water partition coefficient (Wildman–Crippen LogP) is 3.55. The number of methoxy groups -OCH3 is 1. The Bertz CT molecular complexity index is 524. The van der Waals surface area contributed by atoms with E-state index >= 15 is 0 Å². The van der Waals surface area contributed by atoms with Crippen molar-refractivity contribution in [1.29, 1.82) is 0 Å². The van der Waals surface area contributed by atoms with Gasteiger partial charge in [0.1, 0.15) is 0 Å². The molecule has 1 amide bonds. The van der Waals surface area contributed by atoms with Gasteiger partial charge in [-0.3, -0.25) is 4.79 Å². The number of likely N-dealkylation sites (tertiary alicyclic amines) is 1. The maximum atomic E-state index is 12.8. The molecule has 0 radical (unpaired) electrons. The minimum Gasteiger partial charge on any atom is -0.384 e. The SMILES string of the molecule is COCC1(C(=O)N2CCC(Cc3ccc(Cl)cc3)C2)CCC1. The third kappa shape index (κ3) is 3.16. The highest BCUT2D eigenvalue weighted by Crippen LogP contribution is 2.43. The van der Waals surface area contributed by atoms with E-state index in [4.69, 9.17) is 16.3 Å². The van der Waals surface area contributed by atoms with Crippen LogP contribution in [-0.4, -0.2) is 37.6 Å². The summed E-state index contributed by atoms with van der Waals surface area (Å²) in [5, 5.41) is 0.776. The first-order chi connectivity index (χ1) is 10.6. The molecule has 1 saturated heterocycles. The number of carbonyl (C=O) groups is 1. The first kappa shape index (κ1) is 15.8. The van der Waals surface area contributed by atoms with E-state index in [-0.39, 0.29) is 5.41 Å². The summed E-state index contributed by atoms with van der Waals surface area (Å²) in [7, 11) is 1.70. The van der Waals surface area contributed by atoms with Crippen LogP contribution >= 0.6 is 11.6 Å². The molecular formula is C18H24ClNO2. The third-order valence-corrected chi connectivity index (χ3v) is 5.45. The second kappa shape index (κ2) is 6.59. The van der Waals surface area contributed by atoms with Crippen LogP contribution in [0.25, 0.3) is 0 Å². The van der Waals surface area contributed by atoms with E-state index in [9.17, 15) is 4.79 Å². The maximum absolute atomic E-state index is 12.8. The number of hydrogen-bond donors (Lipinski definition) is 0. The fraction of sp³-hybridized carbons (Fsp3) is 0.611. The van der Waals surface area contributed by atoms with Gasteiger partial charge in [0.2, 0.25) is 5.91 Å². The van der Waals surface area contributed by atoms with Gasteiger partial charge >= 0.3 is 0 Å². The van der Waals surface area contributed by atoms with Crippen LogP contribution < -0.4 is 0 Å². The molecule has 2 aliphatic rings. The van der Waals surface area contributed by atoms with Crippen molar-refractivity contribution in [3.05, 3.63) is 34.9 Å². The summed E-state index contributed by atoms with van der Waals surface area (Å²) in [5.41, 5.74) is 1.09. The van der Waals surface area contributed by atoms with Gasteiger partial charge in [-0.05, 0) is 49.3 Å². The highest BCUT2D eigenvalue weighted by atomic mass is 35.5. The summed E-state index contributed by atoms with van der Waals surface area (Å²) in [4.78, 5) is 14.9. The van der Waals surface area contributed by atoms with E-state index in [1.807, 2.05) is 12.1 Å². The Morgan fingerprint density at radius 2 is 2.09 bits per heavy atom. The van der Waals surface area contributed by atoms with E-state index < -0.39 is 0 Å². The van der Waals surface area contributed by atoms with E-state index in [1.54, 1.807) is 7.11 Å². The Morgan fingerprint density at radius 3 is 2.68 bits per heavy atom. The molecule has 0 aromatic heterocycles. The van der Waals surface area contributed by atoms with Gasteiger partial charge in [0.25, 0.3) is 0 Å². The van der Waals surface area contributed by atoms with Crippen molar-refractivity contribution < 1.29 is 9.53 Å². The molecule has 2 fully saturated rings. The van der Waals surface area contributed by atoms with Crippen molar-refractivity contribution in [1.82, 2.24) is 4.90 Å². The van der Waals surface area contributed by atoms with Crippen LogP contribution in [0.15, 0.2) is 24.3 Å².